The van der Waals surface area contributed by atoms with Gasteiger partial charge in [0.05, 0.1) is 11.1 Å². The van der Waals surface area contributed by atoms with Gasteiger partial charge in [0.25, 0.3) is 11.8 Å². The van der Waals surface area contributed by atoms with Gasteiger partial charge in [-0.05, 0) is 18.6 Å². The van der Waals surface area contributed by atoms with Crippen molar-refractivity contribution in [3.05, 3.63) is 29.3 Å². The molecule has 3 amide bonds. The number of carboxylic acids is 1. The zero-order valence-electron chi connectivity index (χ0n) is 12.4. The van der Waals surface area contributed by atoms with Crippen molar-refractivity contribution < 1.29 is 33.8 Å². The van der Waals surface area contributed by atoms with Crippen molar-refractivity contribution in [1.82, 2.24) is 4.90 Å². The van der Waals surface area contributed by atoms with Crippen LogP contribution >= 0.6 is 0 Å². The fourth-order valence-corrected chi connectivity index (χ4v) is 2.44. The van der Waals surface area contributed by atoms with Crippen molar-refractivity contribution in [2.24, 2.45) is 5.73 Å². The molecule has 1 aliphatic heterocycles. The van der Waals surface area contributed by atoms with Crippen molar-refractivity contribution in [3.63, 3.8) is 0 Å². The quantitative estimate of drug-likeness (QED) is 0.485. The Labute approximate surface area is 136 Å². The summed E-state index contributed by atoms with van der Waals surface area (Å²) >= 11 is 0. The summed E-state index contributed by atoms with van der Waals surface area (Å²) in [7, 11) is 0. The minimum atomic E-state index is -1.27. The van der Waals surface area contributed by atoms with Crippen LogP contribution in [0.15, 0.2) is 18.2 Å². The Balaban J connectivity index is 2.39. The number of amides is 3. The largest absolute Gasteiger partial charge is 0.481 e. The van der Waals surface area contributed by atoms with E-state index in [9.17, 15) is 24.0 Å². The van der Waals surface area contributed by atoms with Gasteiger partial charge in [-0.1, -0.05) is 6.07 Å². The first-order valence-electron chi connectivity index (χ1n) is 6.97. The van der Waals surface area contributed by atoms with Crippen LogP contribution in [0.1, 0.15) is 33.6 Å². The highest BCUT2D eigenvalue weighted by Gasteiger charge is 2.43. The molecule has 1 aliphatic rings. The van der Waals surface area contributed by atoms with Crippen molar-refractivity contribution in [3.8, 4) is 5.75 Å². The molecule has 24 heavy (non-hydrogen) atoms. The lowest BCUT2D eigenvalue weighted by Crippen LogP contribution is -2.47. The number of hydrogen-bond donors (Lipinski definition) is 2. The van der Waals surface area contributed by atoms with Gasteiger partial charge in [-0.3, -0.25) is 19.3 Å². The number of nitrogens with zero attached hydrogens (tertiary/aromatic N) is 1. The molecule has 1 aromatic carbocycles. The first-order valence-corrected chi connectivity index (χ1v) is 6.97. The number of benzene rings is 1. The number of hydrogen-bond acceptors (Lipinski definition) is 6. The first kappa shape index (κ1) is 17.1. The van der Waals surface area contributed by atoms with Crippen LogP contribution in [0.2, 0.25) is 0 Å². The summed E-state index contributed by atoms with van der Waals surface area (Å²) in [5.74, 6) is -3.80. The highest BCUT2D eigenvalue weighted by Crippen LogP contribution is 2.32. The van der Waals surface area contributed by atoms with Gasteiger partial charge in [0.15, 0.2) is 6.61 Å². The Hall–Kier alpha value is -3.23. The summed E-state index contributed by atoms with van der Waals surface area (Å²) in [6, 6.07) is 2.87. The molecule has 9 nitrogen and oxygen atoms in total. The molecule has 3 N–H and O–H groups in total. The molecule has 2 rings (SSSR count). The number of aldehydes is 1. The maximum Gasteiger partial charge on any atom is 0.341 e. The fourth-order valence-electron chi connectivity index (χ4n) is 2.44. The Morgan fingerprint density at radius 2 is 2.00 bits per heavy atom. The van der Waals surface area contributed by atoms with Gasteiger partial charge >= 0.3 is 5.97 Å². The Bertz CT molecular complexity index is 729. The van der Waals surface area contributed by atoms with Crippen molar-refractivity contribution in [1.29, 1.82) is 0 Å². The van der Waals surface area contributed by atoms with Crippen LogP contribution in [0, 0.1) is 0 Å². The number of nitrogens with two attached hydrogens (primary N) is 1. The lowest BCUT2D eigenvalue weighted by molar-refractivity contribution is -0.139. The van der Waals surface area contributed by atoms with E-state index in [1.54, 1.807) is 0 Å². The molecule has 1 unspecified atom stereocenters. The van der Waals surface area contributed by atoms with E-state index in [-0.39, 0.29) is 29.7 Å². The second-order valence-electron chi connectivity index (χ2n) is 5.00. The molecular formula is C15H14N2O7. The molecule has 0 bridgehead atoms. The highest BCUT2D eigenvalue weighted by atomic mass is 16.5. The molecule has 126 valence electrons. The van der Waals surface area contributed by atoms with Gasteiger partial charge in [-0.2, -0.15) is 0 Å². The number of carbonyl (C=O) groups is 5. The lowest BCUT2D eigenvalue weighted by Gasteiger charge is -2.22. The normalized spacial score (nSPS) is 14.2. The second kappa shape index (κ2) is 6.90. The van der Waals surface area contributed by atoms with Gasteiger partial charge in [-0.25, -0.2) is 4.79 Å². The number of rotatable bonds is 8. The van der Waals surface area contributed by atoms with E-state index in [2.05, 4.69) is 0 Å². The van der Waals surface area contributed by atoms with Crippen molar-refractivity contribution in [2.45, 2.75) is 18.9 Å². The average Bonchev–Trinajstić information content (AvgIpc) is 2.78. The second-order valence-corrected chi connectivity index (χ2v) is 5.00. The molecular weight excluding hydrogens is 320 g/mol. The van der Waals surface area contributed by atoms with Crippen molar-refractivity contribution >= 4 is 30.0 Å². The van der Waals surface area contributed by atoms with E-state index in [1.807, 2.05) is 0 Å². The van der Waals surface area contributed by atoms with Crippen LogP contribution < -0.4 is 10.5 Å². The summed E-state index contributed by atoms with van der Waals surface area (Å²) in [4.78, 5) is 58.4. The number of imide groups is 1. The van der Waals surface area contributed by atoms with E-state index in [1.165, 1.54) is 18.2 Å². The third-order valence-electron chi connectivity index (χ3n) is 3.46. The van der Waals surface area contributed by atoms with E-state index in [0.717, 1.165) is 0 Å². The molecule has 9 heteroatoms. The topological polar surface area (TPSA) is 144 Å². The van der Waals surface area contributed by atoms with Gasteiger partial charge < -0.3 is 20.4 Å². The van der Waals surface area contributed by atoms with Gasteiger partial charge in [0, 0.05) is 6.42 Å². The summed E-state index contributed by atoms with van der Waals surface area (Å²) in [5.41, 5.74) is 5.11. The summed E-state index contributed by atoms with van der Waals surface area (Å²) < 4.78 is 5.03. The molecule has 1 heterocycles. The van der Waals surface area contributed by atoms with E-state index >= 15 is 0 Å². The number of aliphatic carboxylic acids is 1. The lowest BCUT2D eigenvalue weighted by atomic mass is 10.1. The van der Waals surface area contributed by atoms with Crippen LogP contribution in [-0.4, -0.2) is 52.6 Å². The molecule has 0 spiro atoms. The SMILES string of the molecule is NC(=O)C(CCC=O)N1C(=O)c2cccc(OCC(=O)O)c2C1=O. The number of ether oxygens (including phenoxy) is 1. The van der Waals surface area contributed by atoms with Crippen molar-refractivity contribution in [2.75, 3.05) is 6.61 Å². The van der Waals surface area contributed by atoms with E-state index < -0.39 is 36.3 Å². The van der Waals surface area contributed by atoms with E-state index in [4.69, 9.17) is 15.6 Å². The molecule has 1 atom stereocenters. The molecule has 0 saturated carbocycles. The zero-order valence-corrected chi connectivity index (χ0v) is 12.4. The molecule has 1 aromatic rings. The molecule has 0 radical (unpaired) electrons. The average molecular weight is 334 g/mol. The van der Waals surface area contributed by atoms with Crippen LogP contribution in [0.5, 0.6) is 5.75 Å². The molecule has 0 aliphatic carbocycles. The summed E-state index contributed by atoms with van der Waals surface area (Å²) in [6.45, 7) is -0.692. The summed E-state index contributed by atoms with van der Waals surface area (Å²) in [5, 5.41) is 8.67. The van der Waals surface area contributed by atoms with Gasteiger partial charge in [0.1, 0.15) is 18.1 Å². The smallest absolute Gasteiger partial charge is 0.341 e. The predicted molar refractivity (Wildman–Crippen MR) is 78.4 cm³/mol. The maximum atomic E-state index is 12.6. The highest BCUT2D eigenvalue weighted by molar-refractivity contribution is 6.24. The minimum absolute atomic E-state index is 0.0137. The number of carbonyl (C=O) groups excluding carboxylic acids is 4. The third-order valence-corrected chi connectivity index (χ3v) is 3.46. The monoisotopic (exact) mass is 334 g/mol. The maximum absolute atomic E-state index is 12.6. The van der Waals surface area contributed by atoms with Crippen LogP contribution in [0.3, 0.4) is 0 Å². The number of fused-ring (bicyclic) bond motifs is 1. The predicted octanol–water partition coefficient (Wildman–Crippen LogP) is -0.421. The van der Waals surface area contributed by atoms with Crippen LogP contribution in [-0.2, 0) is 14.4 Å². The van der Waals surface area contributed by atoms with Crippen LogP contribution in [0.25, 0.3) is 0 Å². The standard InChI is InChI=1S/C15H14N2O7/c16-13(21)9(4-2-6-18)17-14(22)8-3-1-5-10(12(8)15(17)23)24-7-11(19)20/h1,3,5-6,9H,2,4,7H2,(H2,16,21)(H,19,20). The minimum Gasteiger partial charge on any atom is -0.481 e. The molecule has 0 fully saturated rings. The van der Waals surface area contributed by atoms with E-state index in [0.29, 0.717) is 11.2 Å². The summed E-state index contributed by atoms with van der Waals surface area (Å²) in [6.07, 6.45) is 0.411. The Morgan fingerprint density at radius 3 is 2.58 bits per heavy atom. The molecule has 0 saturated heterocycles. The Morgan fingerprint density at radius 1 is 1.29 bits per heavy atom. The first-order chi connectivity index (χ1) is 11.4. The zero-order chi connectivity index (χ0) is 17.9. The van der Waals surface area contributed by atoms with Gasteiger partial charge in [0.2, 0.25) is 5.91 Å². The van der Waals surface area contributed by atoms with Gasteiger partial charge in [-0.15, -0.1) is 0 Å². The third kappa shape index (κ3) is 3.09. The molecule has 0 aromatic heterocycles. The number of carboxylic acid groups (broad SMARTS) is 1. The fraction of sp³-hybridized carbons (Fsp3) is 0.267. The van der Waals surface area contributed by atoms with Crippen LogP contribution in [0.4, 0.5) is 0 Å². The number of primary amides is 1. The Kier molecular flexibility index (Phi) is 4.93.